The number of piperazine rings is 1. The van der Waals surface area contributed by atoms with Gasteiger partial charge in [0.05, 0.1) is 5.02 Å². The van der Waals surface area contributed by atoms with Gasteiger partial charge in [0.15, 0.2) is 0 Å². The number of rotatable bonds is 5. The lowest BCUT2D eigenvalue weighted by Crippen LogP contribution is -2.49. The van der Waals surface area contributed by atoms with Crippen molar-refractivity contribution in [3.8, 4) is 0 Å². The molecule has 0 saturated carbocycles. The minimum absolute atomic E-state index is 0.0842. The highest BCUT2D eigenvalue weighted by molar-refractivity contribution is 6.32. The van der Waals surface area contributed by atoms with E-state index in [0.717, 1.165) is 36.7 Å². The minimum Gasteiger partial charge on any atom is -0.369 e. The molecule has 1 fully saturated rings. The number of nitrogens with zero attached hydrogens (tertiary/aromatic N) is 4. The number of carbonyl (C=O) groups is 1. The average Bonchev–Trinajstić information content (AvgIpc) is 2.69. The Hall–Kier alpha value is -2.27. The molecule has 2 aromatic rings. The summed E-state index contributed by atoms with van der Waals surface area (Å²) >= 11 is 6.24. The Morgan fingerprint density at radius 2 is 1.81 bits per heavy atom. The van der Waals surface area contributed by atoms with Gasteiger partial charge in [-0.2, -0.15) is 0 Å². The summed E-state index contributed by atoms with van der Waals surface area (Å²) in [5, 5.41) is 0.651. The van der Waals surface area contributed by atoms with Crippen LogP contribution in [0.2, 0.25) is 5.02 Å². The van der Waals surface area contributed by atoms with Gasteiger partial charge >= 0.3 is 0 Å². The SMILES string of the molecule is CCN(c1ccc(C(=O)N2CCN(c3ncccc3Cl)CC2)cc1)C(C)C. The Labute approximate surface area is 166 Å². The third-order valence-electron chi connectivity index (χ3n) is 5.02. The molecule has 6 heteroatoms. The van der Waals surface area contributed by atoms with Gasteiger partial charge in [0.1, 0.15) is 5.82 Å². The fourth-order valence-corrected chi connectivity index (χ4v) is 3.80. The lowest BCUT2D eigenvalue weighted by molar-refractivity contribution is 0.0746. The van der Waals surface area contributed by atoms with Crippen LogP contribution in [0.5, 0.6) is 0 Å². The summed E-state index contributed by atoms with van der Waals surface area (Å²) in [7, 11) is 0. The zero-order valence-corrected chi connectivity index (χ0v) is 17.0. The van der Waals surface area contributed by atoms with Crippen LogP contribution in [0.3, 0.4) is 0 Å². The summed E-state index contributed by atoms with van der Waals surface area (Å²) in [5.41, 5.74) is 1.89. The van der Waals surface area contributed by atoms with Crippen molar-refractivity contribution in [3.63, 3.8) is 0 Å². The van der Waals surface area contributed by atoms with Crippen molar-refractivity contribution in [2.45, 2.75) is 26.8 Å². The van der Waals surface area contributed by atoms with Gasteiger partial charge in [0, 0.05) is 56.2 Å². The van der Waals surface area contributed by atoms with Crippen molar-refractivity contribution in [1.82, 2.24) is 9.88 Å². The summed E-state index contributed by atoms with van der Waals surface area (Å²) in [6, 6.07) is 12.1. The molecule has 3 rings (SSSR count). The van der Waals surface area contributed by atoms with Crippen molar-refractivity contribution < 1.29 is 4.79 Å². The number of benzene rings is 1. The van der Waals surface area contributed by atoms with Crippen LogP contribution < -0.4 is 9.80 Å². The molecule has 1 aliphatic heterocycles. The van der Waals surface area contributed by atoms with E-state index < -0.39 is 0 Å². The van der Waals surface area contributed by atoms with Crippen LogP contribution in [-0.2, 0) is 0 Å². The van der Waals surface area contributed by atoms with Crippen LogP contribution in [0.1, 0.15) is 31.1 Å². The van der Waals surface area contributed by atoms with E-state index in [1.807, 2.05) is 41.3 Å². The smallest absolute Gasteiger partial charge is 0.253 e. The molecule has 27 heavy (non-hydrogen) atoms. The topological polar surface area (TPSA) is 39.7 Å². The first-order valence-corrected chi connectivity index (χ1v) is 9.90. The van der Waals surface area contributed by atoms with Gasteiger partial charge in [-0.15, -0.1) is 0 Å². The highest BCUT2D eigenvalue weighted by Gasteiger charge is 2.24. The number of amides is 1. The van der Waals surface area contributed by atoms with Gasteiger partial charge in [0.25, 0.3) is 5.91 Å². The molecule has 1 aromatic heterocycles. The Morgan fingerprint density at radius 3 is 2.37 bits per heavy atom. The van der Waals surface area contributed by atoms with E-state index in [2.05, 4.69) is 35.6 Å². The highest BCUT2D eigenvalue weighted by atomic mass is 35.5. The number of carbonyl (C=O) groups excluding carboxylic acids is 1. The van der Waals surface area contributed by atoms with Crippen molar-refractivity contribution >= 4 is 29.0 Å². The monoisotopic (exact) mass is 386 g/mol. The third kappa shape index (κ3) is 4.35. The molecule has 0 spiro atoms. The predicted molar refractivity (Wildman–Crippen MR) is 112 cm³/mol. The van der Waals surface area contributed by atoms with Crippen molar-refractivity contribution in [2.75, 3.05) is 42.5 Å². The molecule has 0 aliphatic carbocycles. The van der Waals surface area contributed by atoms with E-state index in [9.17, 15) is 4.79 Å². The second kappa shape index (κ2) is 8.61. The number of anilines is 2. The largest absolute Gasteiger partial charge is 0.369 e. The maximum absolute atomic E-state index is 12.8. The quantitative estimate of drug-likeness (QED) is 0.780. The second-order valence-electron chi connectivity index (χ2n) is 7.01. The van der Waals surface area contributed by atoms with Crippen LogP contribution in [0, 0.1) is 0 Å². The Kier molecular flexibility index (Phi) is 6.22. The number of halogens is 1. The third-order valence-corrected chi connectivity index (χ3v) is 5.31. The van der Waals surface area contributed by atoms with Crippen LogP contribution in [0.25, 0.3) is 0 Å². The molecule has 0 radical (unpaired) electrons. The van der Waals surface area contributed by atoms with Crippen LogP contribution in [0.15, 0.2) is 42.6 Å². The van der Waals surface area contributed by atoms with E-state index in [0.29, 0.717) is 24.2 Å². The maximum Gasteiger partial charge on any atom is 0.253 e. The molecule has 0 N–H and O–H groups in total. The molecule has 1 aromatic carbocycles. The van der Waals surface area contributed by atoms with Gasteiger partial charge in [-0.3, -0.25) is 4.79 Å². The standard InChI is InChI=1S/C21H27ClN4O/c1-4-26(16(2)3)18-9-7-17(8-10-18)21(27)25-14-12-24(13-15-25)20-19(22)6-5-11-23-20/h5-11,16H,4,12-15H2,1-3H3. The minimum atomic E-state index is 0.0842. The highest BCUT2D eigenvalue weighted by Crippen LogP contribution is 2.24. The molecular formula is C21H27ClN4O. The van der Waals surface area contributed by atoms with Gasteiger partial charge in [-0.05, 0) is 57.2 Å². The van der Waals surface area contributed by atoms with Crippen molar-refractivity contribution in [3.05, 3.63) is 53.2 Å². The summed E-state index contributed by atoms with van der Waals surface area (Å²) in [4.78, 5) is 23.6. The van der Waals surface area contributed by atoms with Crippen LogP contribution >= 0.6 is 11.6 Å². The van der Waals surface area contributed by atoms with Gasteiger partial charge < -0.3 is 14.7 Å². The lowest BCUT2D eigenvalue weighted by Gasteiger charge is -2.35. The van der Waals surface area contributed by atoms with Crippen molar-refractivity contribution in [1.29, 1.82) is 0 Å². The molecule has 2 heterocycles. The number of hydrogen-bond donors (Lipinski definition) is 0. The summed E-state index contributed by atoms with van der Waals surface area (Å²) < 4.78 is 0. The Balaban J connectivity index is 1.63. The summed E-state index contributed by atoms with van der Waals surface area (Å²) in [5.74, 6) is 0.880. The molecule has 0 atom stereocenters. The zero-order valence-electron chi connectivity index (χ0n) is 16.2. The summed E-state index contributed by atoms with van der Waals surface area (Å²) in [6.07, 6.45) is 1.75. The first kappa shape index (κ1) is 19.5. The van der Waals surface area contributed by atoms with E-state index in [4.69, 9.17) is 11.6 Å². The number of aromatic nitrogens is 1. The van der Waals surface area contributed by atoms with E-state index in [1.54, 1.807) is 6.20 Å². The molecule has 0 unspecified atom stereocenters. The van der Waals surface area contributed by atoms with Gasteiger partial charge in [0.2, 0.25) is 0 Å². The Morgan fingerprint density at radius 1 is 1.15 bits per heavy atom. The number of hydrogen-bond acceptors (Lipinski definition) is 4. The van der Waals surface area contributed by atoms with E-state index in [1.165, 1.54) is 0 Å². The first-order valence-electron chi connectivity index (χ1n) is 9.52. The fourth-order valence-electron chi connectivity index (χ4n) is 3.56. The summed E-state index contributed by atoms with van der Waals surface area (Å²) in [6.45, 7) is 10.2. The van der Waals surface area contributed by atoms with E-state index >= 15 is 0 Å². The number of pyridine rings is 1. The van der Waals surface area contributed by atoms with Gasteiger partial charge in [-0.25, -0.2) is 4.98 Å². The maximum atomic E-state index is 12.8. The lowest BCUT2D eigenvalue weighted by atomic mass is 10.1. The van der Waals surface area contributed by atoms with Crippen molar-refractivity contribution in [2.24, 2.45) is 0 Å². The molecule has 5 nitrogen and oxygen atoms in total. The fraction of sp³-hybridized carbons (Fsp3) is 0.429. The molecular weight excluding hydrogens is 360 g/mol. The molecule has 1 saturated heterocycles. The van der Waals surface area contributed by atoms with E-state index in [-0.39, 0.29) is 5.91 Å². The predicted octanol–water partition coefficient (Wildman–Crippen LogP) is 3.93. The first-order chi connectivity index (χ1) is 13.0. The second-order valence-corrected chi connectivity index (χ2v) is 7.42. The zero-order chi connectivity index (χ0) is 19.4. The molecule has 0 bridgehead atoms. The average molecular weight is 387 g/mol. The van der Waals surface area contributed by atoms with Gasteiger partial charge in [-0.1, -0.05) is 11.6 Å². The Bertz CT molecular complexity index is 770. The molecule has 1 amide bonds. The normalized spacial score (nSPS) is 14.6. The van der Waals surface area contributed by atoms with Crippen LogP contribution in [0.4, 0.5) is 11.5 Å². The van der Waals surface area contributed by atoms with Crippen LogP contribution in [-0.4, -0.2) is 54.6 Å². The molecule has 1 aliphatic rings. The molecule has 144 valence electrons.